The fourth-order valence-electron chi connectivity index (χ4n) is 2.03. The summed E-state index contributed by atoms with van der Waals surface area (Å²) in [6.45, 7) is 0. The third-order valence-corrected chi connectivity index (χ3v) is 3.33. The molecule has 0 aliphatic rings. The van der Waals surface area contributed by atoms with E-state index in [1.54, 1.807) is 24.3 Å². The van der Waals surface area contributed by atoms with Crippen molar-refractivity contribution in [1.29, 1.82) is 0 Å². The fraction of sp³-hybridized carbons (Fsp3) is 0. The second kappa shape index (κ2) is 5.18. The van der Waals surface area contributed by atoms with Crippen molar-refractivity contribution in [3.05, 3.63) is 65.2 Å². The summed E-state index contributed by atoms with van der Waals surface area (Å²) in [6.07, 6.45) is 0. The molecule has 0 atom stereocenters. The fourth-order valence-corrected chi connectivity index (χ4v) is 2.27. The molecule has 0 amide bonds. The number of nitrogens with zero attached hydrogens (tertiary/aromatic N) is 2. The molecular formula is C15H10ClF2N3. The molecule has 1 aromatic heterocycles. The summed E-state index contributed by atoms with van der Waals surface area (Å²) in [7, 11) is 0. The van der Waals surface area contributed by atoms with E-state index in [0.717, 1.165) is 0 Å². The van der Waals surface area contributed by atoms with Crippen LogP contribution in [0.5, 0.6) is 0 Å². The smallest absolute Gasteiger partial charge is 0.150 e. The van der Waals surface area contributed by atoms with E-state index in [0.29, 0.717) is 11.3 Å². The summed E-state index contributed by atoms with van der Waals surface area (Å²) in [5.74, 6) is -0.632. The molecule has 1 heterocycles. The first-order valence-electron chi connectivity index (χ1n) is 6.12. The number of anilines is 1. The quantitative estimate of drug-likeness (QED) is 0.776. The Bertz CT molecular complexity index is 777. The number of benzene rings is 2. The highest BCUT2D eigenvalue weighted by Gasteiger charge is 2.15. The molecule has 0 radical (unpaired) electrons. The summed E-state index contributed by atoms with van der Waals surface area (Å²) in [4.78, 5) is 0. The third kappa shape index (κ3) is 2.48. The average Bonchev–Trinajstić information content (AvgIpc) is 2.81. The zero-order valence-corrected chi connectivity index (χ0v) is 11.5. The molecule has 0 unspecified atom stereocenters. The summed E-state index contributed by atoms with van der Waals surface area (Å²) in [6, 6.07) is 11.7. The van der Waals surface area contributed by atoms with Crippen LogP contribution in [-0.2, 0) is 0 Å². The van der Waals surface area contributed by atoms with Gasteiger partial charge in [-0.25, -0.2) is 13.5 Å². The zero-order chi connectivity index (χ0) is 15.0. The van der Waals surface area contributed by atoms with Crippen molar-refractivity contribution < 1.29 is 8.78 Å². The van der Waals surface area contributed by atoms with E-state index in [-0.39, 0.29) is 22.3 Å². The van der Waals surface area contributed by atoms with Gasteiger partial charge in [0.1, 0.15) is 23.1 Å². The van der Waals surface area contributed by atoms with Gasteiger partial charge in [0.2, 0.25) is 0 Å². The minimum absolute atomic E-state index is 0.0880. The Hall–Kier alpha value is -2.40. The van der Waals surface area contributed by atoms with Crippen LogP contribution < -0.4 is 5.73 Å². The van der Waals surface area contributed by atoms with Gasteiger partial charge in [-0.15, -0.1) is 0 Å². The molecule has 3 nitrogen and oxygen atoms in total. The van der Waals surface area contributed by atoms with Crippen LogP contribution >= 0.6 is 11.6 Å². The number of hydrogen-bond acceptors (Lipinski definition) is 2. The summed E-state index contributed by atoms with van der Waals surface area (Å²) in [5, 5.41) is 4.45. The Morgan fingerprint density at radius 1 is 1.05 bits per heavy atom. The largest absolute Gasteiger partial charge is 0.384 e. The Morgan fingerprint density at radius 2 is 1.76 bits per heavy atom. The number of halogens is 3. The normalized spacial score (nSPS) is 10.8. The minimum atomic E-state index is -0.525. The average molecular weight is 306 g/mol. The summed E-state index contributed by atoms with van der Waals surface area (Å²) in [5.41, 5.74) is 7.15. The molecule has 3 rings (SSSR count). The Labute approximate surface area is 124 Å². The van der Waals surface area contributed by atoms with Crippen LogP contribution in [0, 0.1) is 11.6 Å². The molecule has 0 bridgehead atoms. The first kappa shape index (κ1) is 13.6. The number of rotatable bonds is 2. The highest BCUT2D eigenvalue weighted by Crippen LogP contribution is 2.28. The van der Waals surface area contributed by atoms with Crippen molar-refractivity contribution in [3.63, 3.8) is 0 Å². The van der Waals surface area contributed by atoms with Gasteiger partial charge in [-0.3, -0.25) is 0 Å². The van der Waals surface area contributed by atoms with Crippen LogP contribution in [0.1, 0.15) is 0 Å². The van der Waals surface area contributed by atoms with Gasteiger partial charge in [-0.1, -0.05) is 17.7 Å². The van der Waals surface area contributed by atoms with Crippen LogP contribution in [0.4, 0.5) is 14.6 Å². The molecule has 0 aliphatic heterocycles. The highest BCUT2D eigenvalue weighted by atomic mass is 35.5. The molecule has 0 saturated heterocycles. The molecule has 0 spiro atoms. The van der Waals surface area contributed by atoms with Crippen LogP contribution in [0.3, 0.4) is 0 Å². The summed E-state index contributed by atoms with van der Waals surface area (Å²) < 4.78 is 28.1. The van der Waals surface area contributed by atoms with Gasteiger partial charge >= 0.3 is 0 Å². The number of para-hydroxylation sites is 1. The lowest BCUT2D eigenvalue weighted by molar-refractivity contribution is 0.612. The minimum Gasteiger partial charge on any atom is -0.384 e. The van der Waals surface area contributed by atoms with Gasteiger partial charge in [0.25, 0.3) is 0 Å². The van der Waals surface area contributed by atoms with Crippen molar-refractivity contribution >= 4 is 17.4 Å². The van der Waals surface area contributed by atoms with Crippen LogP contribution in [0.2, 0.25) is 5.02 Å². The van der Waals surface area contributed by atoms with E-state index < -0.39 is 5.82 Å². The molecule has 0 fully saturated rings. The SMILES string of the molecule is Nc1cc(-c2ccc(F)cc2)nn1-c1c(F)cccc1Cl. The Morgan fingerprint density at radius 3 is 2.43 bits per heavy atom. The van der Waals surface area contributed by atoms with Gasteiger partial charge in [0, 0.05) is 11.6 Å². The van der Waals surface area contributed by atoms with Gasteiger partial charge in [-0.2, -0.15) is 5.10 Å². The lowest BCUT2D eigenvalue weighted by Crippen LogP contribution is -2.04. The molecule has 2 aromatic carbocycles. The van der Waals surface area contributed by atoms with Crippen molar-refractivity contribution in [2.24, 2.45) is 0 Å². The molecule has 0 saturated carbocycles. The first-order valence-corrected chi connectivity index (χ1v) is 6.50. The number of nitrogens with two attached hydrogens (primary N) is 1. The topological polar surface area (TPSA) is 43.8 Å². The monoisotopic (exact) mass is 305 g/mol. The lowest BCUT2D eigenvalue weighted by atomic mass is 10.1. The first-order chi connectivity index (χ1) is 10.1. The van der Waals surface area contributed by atoms with Crippen molar-refractivity contribution in [2.75, 3.05) is 5.73 Å². The Balaban J connectivity index is 2.12. The van der Waals surface area contributed by atoms with E-state index >= 15 is 0 Å². The van der Waals surface area contributed by atoms with E-state index in [1.807, 2.05) is 0 Å². The van der Waals surface area contributed by atoms with E-state index in [2.05, 4.69) is 5.10 Å². The second-order valence-corrected chi connectivity index (χ2v) is 4.85. The van der Waals surface area contributed by atoms with Gasteiger partial charge in [0.15, 0.2) is 0 Å². The molecule has 21 heavy (non-hydrogen) atoms. The molecule has 0 aliphatic carbocycles. The van der Waals surface area contributed by atoms with Crippen molar-refractivity contribution in [2.45, 2.75) is 0 Å². The van der Waals surface area contributed by atoms with Crippen LogP contribution in [0.25, 0.3) is 16.9 Å². The predicted octanol–water partition coefficient (Wildman–Crippen LogP) is 4.05. The molecule has 3 aromatic rings. The van der Waals surface area contributed by atoms with E-state index in [4.69, 9.17) is 17.3 Å². The molecular weight excluding hydrogens is 296 g/mol. The third-order valence-electron chi connectivity index (χ3n) is 3.03. The molecule has 6 heteroatoms. The predicted molar refractivity (Wildman–Crippen MR) is 78.3 cm³/mol. The maximum absolute atomic E-state index is 13.9. The zero-order valence-electron chi connectivity index (χ0n) is 10.7. The molecule has 106 valence electrons. The highest BCUT2D eigenvalue weighted by molar-refractivity contribution is 6.32. The van der Waals surface area contributed by atoms with E-state index in [9.17, 15) is 8.78 Å². The van der Waals surface area contributed by atoms with Gasteiger partial charge < -0.3 is 5.73 Å². The maximum atomic E-state index is 13.9. The molecule has 2 N–H and O–H groups in total. The number of nitrogen functional groups attached to an aromatic ring is 1. The standard InChI is InChI=1S/C15H10ClF2N3/c16-11-2-1-3-12(18)15(11)21-14(19)8-13(20-21)9-4-6-10(17)7-5-9/h1-8H,19H2. The van der Waals surface area contributed by atoms with E-state index in [1.165, 1.54) is 28.9 Å². The Kier molecular flexibility index (Phi) is 3.35. The summed E-state index contributed by atoms with van der Waals surface area (Å²) >= 11 is 6.01. The second-order valence-electron chi connectivity index (χ2n) is 4.44. The lowest BCUT2D eigenvalue weighted by Gasteiger charge is -2.07. The number of aromatic nitrogens is 2. The van der Waals surface area contributed by atoms with Crippen LogP contribution in [-0.4, -0.2) is 9.78 Å². The van der Waals surface area contributed by atoms with Gasteiger partial charge in [-0.05, 0) is 36.4 Å². The maximum Gasteiger partial charge on any atom is 0.150 e. The number of hydrogen-bond donors (Lipinski definition) is 1. The van der Waals surface area contributed by atoms with Crippen LogP contribution in [0.15, 0.2) is 48.5 Å². The van der Waals surface area contributed by atoms with Crippen molar-refractivity contribution in [1.82, 2.24) is 9.78 Å². The van der Waals surface area contributed by atoms with Crippen molar-refractivity contribution in [3.8, 4) is 16.9 Å². The van der Waals surface area contributed by atoms with Gasteiger partial charge in [0.05, 0.1) is 10.7 Å².